The fraction of sp³-hybridized carbons (Fsp3) is 0.714. The van der Waals surface area contributed by atoms with E-state index >= 15 is 0 Å². The van der Waals surface area contributed by atoms with Crippen LogP contribution >= 0.6 is 0 Å². The summed E-state index contributed by atoms with van der Waals surface area (Å²) in [6, 6.07) is 4.62. The SMILES string of the molecule is Cc1cc(C)c(CN2C[C@@H](CO)[C@@H](CN3CCC(O)CC3)C2)cc1C. The fourth-order valence-electron chi connectivity index (χ4n) is 4.44. The van der Waals surface area contributed by atoms with Gasteiger partial charge in [-0.05, 0) is 67.7 Å². The van der Waals surface area contributed by atoms with Gasteiger partial charge >= 0.3 is 0 Å². The number of hydrogen-bond acceptors (Lipinski definition) is 4. The lowest BCUT2D eigenvalue weighted by molar-refractivity contribution is 0.0684. The van der Waals surface area contributed by atoms with Crippen molar-refractivity contribution in [1.82, 2.24) is 9.80 Å². The molecule has 0 spiro atoms. The predicted molar refractivity (Wildman–Crippen MR) is 102 cm³/mol. The molecule has 4 nitrogen and oxygen atoms in total. The number of likely N-dealkylation sites (tertiary alicyclic amines) is 2. The van der Waals surface area contributed by atoms with Gasteiger partial charge in [0.15, 0.2) is 0 Å². The lowest BCUT2D eigenvalue weighted by Crippen LogP contribution is -2.40. The van der Waals surface area contributed by atoms with Crippen LogP contribution in [0.2, 0.25) is 0 Å². The fourth-order valence-corrected chi connectivity index (χ4v) is 4.44. The van der Waals surface area contributed by atoms with Crippen molar-refractivity contribution >= 4 is 0 Å². The molecule has 0 aliphatic carbocycles. The molecule has 2 atom stereocenters. The zero-order valence-electron chi connectivity index (χ0n) is 16.0. The van der Waals surface area contributed by atoms with Gasteiger partial charge in [-0.1, -0.05) is 12.1 Å². The molecule has 25 heavy (non-hydrogen) atoms. The van der Waals surface area contributed by atoms with Crippen molar-refractivity contribution in [1.29, 1.82) is 0 Å². The molecule has 140 valence electrons. The predicted octanol–water partition coefficient (Wildman–Crippen LogP) is 2.11. The standard InChI is InChI=1S/C21H34N2O2/c1-15-8-17(3)18(9-16(15)2)10-23-12-19(20(13-23)14-24)11-22-6-4-21(25)5-7-22/h8-9,19-21,24-25H,4-7,10-14H2,1-3H3/t19-,20-/m0/s1. The minimum atomic E-state index is -0.113. The van der Waals surface area contributed by atoms with Gasteiger partial charge in [-0.25, -0.2) is 0 Å². The Morgan fingerprint density at radius 2 is 1.56 bits per heavy atom. The highest BCUT2D eigenvalue weighted by Gasteiger charge is 2.34. The van der Waals surface area contributed by atoms with Crippen LogP contribution in [0.3, 0.4) is 0 Å². The molecule has 2 heterocycles. The van der Waals surface area contributed by atoms with E-state index in [-0.39, 0.29) is 12.7 Å². The topological polar surface area (TPSA) is 46.9 Å². The second-order valence-corrected chi connectivity index (χ2v) is 8.29. The summed E-state index contributed by atoms with van der Waals surface area (Å²) in [5, 5.41) is 19.5. The highest BCUT2D eigenvalue weighted by atomic mass is 16.3. The molecular weight excluding hydrogens is 312 g/mol. The van der Waals surface area contributed by atoms with Gasteiger partial charge in [0.05, 0.1) is 6.10 Å². The molecule has 0 saturated carbocycles. The Morgan fingerprint density at radius 3 is 2.24 bits per heavy atom. The summed E-state index contributed by atoms with van der Waals surface area (Å²) >= 11 is 0. The Hall–Kier alpha value is -0.940. The lowest BCUT2D eigenvalue weighted by Gasteiger charge is -2.32. The van der Waals surface area contributed by atoms with Crippen LogP contribution in [0.15, 0.2) is 12.1 Å². The molecule has 2 aliphatic rings. The molecule has 1 aromatic rings. The minimum Gasteiger partial charge on any atom is -0.396 e. The molecule has 0 amide bonds. The molecule has 0 unspecified atom stereocenters. The van der Waals surface area contributed by atoms with Crippen LogP contribution in [-0.4, -0.2) is 65.4 Å². The van der Waals surface area contributed by atoms with Crippen molar-refractivity contribution in [2.45, 2.75) is 46.3 Å². The van der Waals surface area contributed by atoms with E-state index in [2.05, 4.69) is 42.7 Å². The molecule has 2 saturated heterocycles. The van der Waals surface area contributed by atoms with Gasteiger partial charge in [0, 0.05) is 45.9 Å². The van der Waals surface area contributed by atoms with E-state index in [4.69, 9.17) is 0 Å². The van der Waals surface area contributed by atoms with Crippen LogP contribution < -0.4 is 0 Å². The van der Waals surface area contributed by atoms with Crippen molar-refractivity contribution in [3.63, 3.8) is 0 Å². The third kappa shape index (κ3) is 4.62. The van der Waals surface area contributed by atoms with Gasteiger partial charge in [-0.3, -0.25) is 4.90 Å². The van der Waals surface area contributed by atoms with Gasteiger partial charge in [-0.2, -0.15) is 0 Å². The van der Waals surface area contributed by atoms with Gasteiger partial charge in [0.2, 0.25) is 0 Å². The largest absolute Gasteiger partial charge is 0.396 e. The number of aliphatic hydroxyl groups excluding tert-OH is 2. The smallest absolute Gasteiger partial charge is 0.0564 e. The maximum absolute atomic E-state index is 9.84. The maximum Gasteiger partial charge on any atom is 0.0564 e. The molecule has 4 heteroatoms. The zero-order chi connectivity index (χ0) is 18.0. The molecular formula is C21H34N2O2. The number of piperidine rings is 1. The molecule has 0 radical (unpaired) electrons. The maximum atomic E-state index is 9.84. The highest BCUT2D eigenvalue weighted by molar-refractivity contribution is 5.36. The van der Waals surface area contributed by atoms with Gasteiger partial charge < -0.3 is 15.1 Å². The van der Waals surface area contributed by atoms with E-state index in [9.17, 15) is 10.2 Å². The number of aryl methyl sites for hydroxylation is 3. The van der Waals surface area contributed by atoms with Crippen molar-refractivity contribution in [3.8, 4) is 0 Å². The second-order valence-electron chi connectivity index (χ2n) is 8.29. The summed E-state index contributed by atoms with van der Waals surface area (Å²) in [5.74, 6) is 0.908. The van der Waals surface area contributed by atoms with E-state index in [1.807, 2.05) is 0 Å². The second kappa shape index (κ2) is 8.17. The third-order valence-corrected chi connectivity index (χ3v) is 6.28. The van der Waals surface area contributed by atoms with Crippen molar-refractivity contribution in [3.05, 3.63) is 34.4 Å². The molecule has 1 aromatic carbocycles. The van der Waals surface area contributed by atoms with Gasteiger partial charge in [0.25, 0.3) is 0 Å². The average Bonchev–Trinajstić information content (AvgIpc) is 2.96. The average molecular weight is 347 g/mol. The van der Waals surface area contributed by atoms with Crippen LogP contribution in [0.4, 0.5) is 0 Å². The Kier molecular flexibility index (Phi) is 6.16. The first-order valence-corrected chi connectivity index (χ1v) is 9.76. The van der Waals surface area contributed by atoms with E-state index in [1.165, 1.54) is 22.3 Å². The Bertz CT molecular complexity index is 582. The van der Waals surface area contributed by atoms with Gasteiger partial charge in [-0.15, -0.1) is 0 Å². The Balaban J connectivity index is 1.60. The lowest BCUT2D eigenvalue weighted by atomic mass is 9.95. The summed E-state index contributed by atoms with van der Waals surface area (Å²) in [6.45, 7) is 12.9. The van der Waals surface area contributed by atoms with Crippen molar-refractivity contribution in [2.75, 3.05) is 39.3 Å². The summed E-state index contributed by atoms with van der Waals surface area (Å²) in [5.41, 5.74) is 5.52. The first-order chi connectivity index (χ1) is 12.0. The van der Waals surface area contributed by atoms with Crippen LogP contribution in [0.1, 0.15) is 35.1 Å². The number of hydrogen-bond donors (Lipinski definition) is 2. The van der Waals surface area contributed by atoms with Gasteiger partial charge in [0.1, 0.15) is 0 Å². The molecule has 2 fully saturated rings. The Morgan fingerprint density at radius 1 is 0.920 bits per heavy atom. The van der Waals surface area contributed by atoms with E-state index in [1.54, 1.807) is 0 Å². The number of aliphatic hydroxyl groups is 2. The monoisotopic (exact) mass is 346 g/mol. The van der Waals surface area contributed by atoms with Crippen LogP contribution in [0.25, 0.3) is 0 Å². The van der Waals surface area contributed by atoms with Crippen molar-refractivity contribution < 1.29 is 10.2 Å². The minimum absolute atomic E-state index is 0.113. The molecule has 2 N–H and O–H groups in total. The van der Waals surface area contributed by atoms with E-state index in [0.717, 1.165) is 52.1 Å². The third-order valence-electron chi connectivity index (χ3n) is 6.28. The molecule has 3 rings (SSSR count). The molecule has 0 aromatic heterocycles. The summed E-state index contributed by atoms with van der Waals surface area (Å²) in [6.07, 6.45) is 1.67. The molecule has 2 aliphatic heterocycles. The highest BCUT2D eigenvalue weighted by Crippen LogP contribution is 2.28. The summed E-state index contributed by atoms with van der Waals surface area (Å²) < 4.78 is 0. The summed E-state index contributed by atoms with van der Waals surface area (Å²) in [4.78, 5) is 4.99. The summed E-state index contributed by atoms with van der Waals surface area (Å²) in [7, 11) is 0. The van der Waals surface area contributed by atoms with E-state index in [0.29, 0.717) is 11.8 Å². The van der Waals surface area contributed by atoms with Crippen LogP contribution in [0.5, 0.6) is 0 Å². The Labute approximate surface area is 152 Å². The normalized spacial score (nSPS) is 26.4. The van der Waals surface area contributed by atoms with E-state index < -0.39 is 0 Å². The van der Waals surface area contributed by atoms with Crippen LogP contribution in [-0.2, 0) is 6.54 Å². The molecule has 0 bridgehead atoms. The first-order valence-electron chi connectivity index (χ1n) is 9.76. The number of rotatable bonds is 5. The quantitative estimate of drug-likeness (QED) is 0.857. The number of benzene rings is 1. The first kappa shape index (κ1) is 18.8. The van der Waals surface area contributed by atoms with Crippen molar-refractivity contribution in [2.24, 2.45) is 11.8 Å². The zero-order valence-corrected chi connectivity index (χ0v) is 16.0. The van der Waals surface area contributed by atoms with Crippen LogP contribution in [0, 0.1) is 32.6 Å². The number of nitrogens with zero attached hydrogens (tertiary/aromatic N) is 2.